The molecule has 1 atom stereocenters. The van der Waals surface area contributed by atoms with Gasteiger partial charge in [0.1, 0.15) is 5.82 Å². The second kappa shape index (κ2) is 9.46. The Morgan fingerprint density at radius 2 is 1.90 bits per heavy atom. The van der Waals surface area contributed by atoms with Crippen molar-refractivity contribution in [2.24, 2.45) is 0 Å². The van der Waals surface area contributed by atoms with Crippen molar-refractivity contribution in [1.82, 2.24) is 20.2 Å². The molecule has 5 nitrogen and oxygen atoms in total. The number of fused-ring (bicyclic) bond motifs is 1. The molecule has 3 aromatic rings. The summed E-state index contributed by atoms with van der Waals surface area (Å²) < 4.78 is 0. The largest absolute Gasteiger partial charge is 0.353 e. The van der Waals surface area contributed by atoms with Crippen LogP contribution in [0.25, 0.3) is 11.0 Å². The van der Waals surface area contributed by atoms with Gasteiger partial charge in [-0.05, 0) is 37.5 Å². The van der Waals surface area contributed by atoms with Gasteiger partial charge in [-0.25, -0.2) is 4.98 Å². The average molecular weight is 409 g/mol. The molecule has 1 fully saturated rings. The van der Waals surface area contributed by atoms with E-state index in [2.05, 4.69) is 57.4 Å². The molecule has 1 aliphatic heterocycles. The highest BCUT2D eigenvalue weighted by Crippen LogP contribution is 2.27. The molecular formula is C23H28N4OS. The number of rotatable bonds is 7. The summed E-state index contributed by atoms with van der Waals surface area (Å²) in [7, 11) is 0. The van der Waals surface area contributed by atoms with Gasteiger partial charge in [0.05, 0.1) is 22.0 Å². The van der Waals surface area contributed by atoms with Crippen molar-refractivity contribution in [1.29, 1.82) is 0 Å². The SMILES string of the molecule is CC(SCC(=O)NC1CCN(Cc2ccccc2)CC1)c1nc2ccccc2[nH]1. The van der Waals surface area contributed by atoms with Gasteiger partial charge < -0.3 is 10.3 Å². The predicted octanol–water partition coefficient (Wildman–Crippen LogP) is 4.14. The van der Waals surface area contributed by atoms with Gasteiger partial charge >= 0.3 is 0 Å². The number of amides is 1. The number of likely N-dealkylation sites (tertiary alicyclic amines) is 1. The molecule has 1 aliphatic rings. The van der Waals surface area contributed by atoms with Gasteiger partial charge in [-0.1, -0.05) is 42.5 Å². The number of carbonyl (C=O) groups excluding carboxylic acids is 1. The second-order valence-corrected chi connectivity index (χ2v) is 9.03. The number of aromatic amines is 1. The highest BCUT2D eigenvalue weighted by Gasteiger charge is 2.21. The molecule has 0 bridgehead atoms. The maximum absolute atomic E-state index is 12.4. The van der Waals surface area contributed by atoms with Crippen molar-refractivity contribution in [3.63, 3.8) is 0 Å². The highest BCUT2D eigenvalue weighted by molar-refractivity contribution is 8.00. The molecule has 2 heterocycles. The van der Waals surface area contributed by atoms with Gasteiger partial charge in [0.2, 0.25) is 5.91 Å². The van der Waals surface area contributed by atoms with Gasteiger partial charge in [-0.15, -0.1) is 11.8 Å². The van der Waals surface area contributed by atoms with Crippen LogP contribution in [0.2, 0.25) is 0 Å². The first-order valence-corrected chi connectivity index (χ1v) is 11.3. The maximum atomic E-state index is 12.4. The summed E-state index contributed by atoms with van der Waals surface area (Å²) >= 11 is 1.63. The van der Waals surface area contributed by atoms with Crippen LogP contribution in [0.3, 0.4) is 0 Å². The van der Waals surface area contributed by atoms with E-state index in [1.165, 1.54) is 5.56 Å². The van der Waals surface area contributed by atoms with Crippen LogP contribution >= 0.6 is 11.8 Å². The summed E-state index contributed by atoms with van der Waals surface area (Å²) in [6.45, 7) is 5.15. The Morgan fingerprint density at radius 3 is 2.66 bits per heavy atom. The lowest BCUT2D eigenvalue weighted by molar-refractivity contribution is -0.119. The minimum Gasteiger partial charge on any atom is -0.353 e. The fourth-order valence-corrected chi connectivity index (χ4v) is 4.55. The maximum Gasteiger partial charge on any atom is 0.230 e. The number of para-hydroxylation sites is 2. The molecule has 29 heavy (non-hydrogen) atoms. The van der Waals surface area contributed by atoms with Crippen LogP contribution in [0.4, 0.5) is 0 Å². The minimum absolute atomic E-state index is 0.125. The van der Waals surface area contributed by atoms with Crippen molar-refractivity contribution < 1.29 is 4.79 Å². The number of H-pyrrole nitrogens is 1. The molecule has 2 aromatic carbocycles. The van der Waals surface area contributed by atoms with Crippen molar-refractivity contribution in [3.05, 3.63) is 66.0 Å². The number of benzene rings is 2. The number of carbonyl (C=O) groups is 1. The van der Waals surface area contributed by atoms with Crippen LogP contribution in [0.15, 0.2) is 54.6 Å². The standard InChI is InChI=1S/C23H28N4OS/c1-17(23-25-20-9-5-6-10-21(20)26-23)29-16-22(28)24-19-11-13-27(14-12-19)15-18-7-3-2-4-8-18/h2-10,17,19H,11-16H2,1H3,(H,24,28)(H,25,26). The Labute approximate surface area is 176 Å². The average Bonchev–Trinajstić information content (AvgIpc) is 3.19. The van der Waals surface area contributed by atoms with Crippen LogP contribution < -0.4 is 5.32 Å². The molecule has 0 aliphatic carbocycles. The van der Waals surface area contributed by atoms with E-state index in [1.807, 2.05) is 24.3 Å². The van der Waals surface area contributed by atoms with E-state index in [0.717, 1.165) is 49.3 Å². The number of nitrogens with zero attached hydrogens (tertiary/aromatic N) is 2. The fraction of sp³-hybridized carbons (Fsp3) is 0.391. The van der Waals surface area contributed by atoms with E-state index in [0.29, 0.717) is 5.75 Å². The first-order chi connectivity index (χ1) is 14.2. The third-order valence-electron chi connectivity index (χ3n) is 5.46. The third-order valence-corrected chi connectivity index (χ3v) is 6.61. The van der Waals surface area contributed by atoms with Crippen LogP contribution in [-0.2, 0) is 11.3 Å². The fourth-order valence-electron chi connectivity index (χ4n) is 3.79. The number of aromatic nitrogens is 2. The van der Waals surface area contributed by atoms with E-state index < -0.39 is 0 Å². The lowest BCUT2D eigenvalue weighted by Crippen LogP contribution is -2.44. The molecule has 152 valence electrons. The van der Waals surface area contributed by atoms with Gasteiger partial charge in [0, 0.05) is 25.7 Å². The molecule has 1 aromatic heterocycles. The summed E-state index contributed by atoms with van der Waals surface area (Å²) in [6.07, 6.45) is 2.03. The van der Waals surface area contributed by atoms with E-state index >= 15 is 0 Å². The molecule has 2 N–H and O–H groups in total. The van der Waals surface area contributed by atoms with Crippen molar-refractivity contribution in [2.75, 3.05) is 18.8 Å². The number of hydrogen-bond donors (Lipinski definition) is 2. The first kappa shape index (κ1) is 20.0. The molecule has 6 heteroatoms. The normalized spacial score (nSPS) is 16.7. The van der Waals surface area contributed by atoms with Crippen LogP contribution in [0.5, 0.6) is 0 Å². The van der Waals surface area contributed by atoms with Crippen molar-refractivity contribution in [3.8, 4) is 0 Å². The smallest absolute Gasteiger partial charge is 0.230 e. The summed E-state index contributed by atoms with van der Waals surface area (Å²) in [5.74, 6) is 1.51. The second-order valence-electron chi connectivity index (χ2n) is 7.70. The van der Waals surface area contributed by atoms with Crippen LogP contribution in [0.1, 0.15) is 36.4 Å². The number of piperidine rings is 1. The minimum atomic E-state index is 0.125. The molecular weight excluding hydrogens is 380 g/mol. The van der Waals surface area contributed by atoms with Crippen molar-refractivity contribution in [2.45, 2.75) is 37.6 Å². The van der Waals surface area contributed by atoms with Gasteiger partial charge in [-0.2, -0.15) is 0 Å². The molecule has 0 spiro atoms. The zero-order valence-corrected chi connectivity index (χ0v) is 17.6. The van der Waals surface area contributed by atoms with E-state index in [4.69, 9.17) is 0 Å². The molecule has 1 amide bonds. The summed E-state index contributed by atoms with van der Waals surface area (Å²) in [6, 6.07) is 18.9. The quantitative estimate of drug-likeness (QED) is 0.617. The molecule has 1 saturated heterocycles. The number of hydrogen-bond acceptors (Lipinski definition) is 4. The monoisotopic (exact) mass is 408 g/mol. The van der Waals surface area contributed by atoms with Crippen molar-refractivity contribution >= 4 is 28.7 Å². The molecule has 1 unspecified atom stereocenters. The van der Waals surface area contributed by atoms with Crippen LogP contribution in [-0.4, -0.2) is 45.7 Å². The molecule has 4 rings (SSSR count). The van der Waals surface area contributed by atoms with Crippen LogP contribution in [0, 0.1) is 0 Å². The Morgan fingerprint density at radius 1 is 1.17 bits per heavy atom. The summed E-state index contributed by atoms with van der Waals surface area (Å²) in [5.41, 5.74) is 3.37. The molecule has 0 saturated carbocycles. The lowest BCUT2D eigenvalue weighted by atomic mass is 10.0. The van der Waals surface area contributed by atoms with Gasteiger partial charge in [0.25, 0.3) is 0 Å². The van der Waals surface area contributed by atoms with Gasteiger partial charge in [-0.3, -0.25) is 9.69 Å². The Balaban J connectivity index is 1.19. The number of imidazole rings is 1. The first-order valence-electron chi connectivity index (χ1n) is 10.3. The zero-order chi connectivity index (χ0) is 20.1. The lowest BCUT2D eigenvalue weighted by Gasteiger charge is -2.32. The van der Waals surface area contributed by atoms with E-state index in [-0.39, 0.29) is 17.2 Å². The summed E-state index contributed by atoms with van der Waals surface area (Å²) in [4.78, 5) is 22.9. The third kappa shape index (κ3) is 5.40. The Bertz CT molecular complexity index is 901. The highest BCUT2D eigenvalue weighted by atomic mass is 32.2. The predicted molar refractivity (Wildman–Crippen MR) is 120 cm³/mol. The number of nitrogens with one attached hydrogen (secondary N) is 2. The number of thioether (sulfide) groups is 1. The van der Waals surface area contributed by atoms with E-state index in [1.54, 1.807) is 11.8 Å². The molecule has 0 radical (unpaired) electrons. The Kier molecular flexibility index (Phi) is 6.52. The zero-order valence-electron chi connectivity index (χ0n) is 16.8. The van der Waals surface area contributed by atoms with Gasteiger partial charge in [0.15, 0.2) is 0 Å². The van der Waals surface area contributed by atoms with E-state index in [9.17, 15) is 4.79 Å². The Hall–Kier alpha value is -2.31. The topological polar surface area (TPSA) is 61.0 Å². The summed E-state index contributed by atoms with van der Waals surface area (Å²) in [5, 5.41) is 3.37.